The summed E-state index contributed by atoms with van der Waals surface area (Å²) in [6.45, 7) is 6.25. The lowest BCUT2D eigenvalue weighted by molar-refractivity contribution is 0.712. The molecule has 0 amide bonds. The van der Waals surface area contributed by atoms with Crippen molar-refractivity contribution in [2.24, 2.45) is 7.05 Å². The van der Waals surface area contributed by atoms with Crippen molar-refractivity contribution >= 4 is 34.7 Å². The molecule has 0 saturated carbocycles. The summed E-state index contributed by atoms with van der Waals surface area (Å²) in [6.07, 6.45) is 0.895. The van der Waals surface area contributed by atoms with Crippen LogP contribution in [0, 0.1) is 13.8 Å². The second-order valence-corrected chi connectivity index (χ2v) is 7.86. The molecule has 1 aromatic carbocycles. The Labute approximate surface area is 178 Å². The van der Waals surface area contributed by atoms with Crippen LogP contribution < -0.4 is 5.32 Å². The summed E-state index contributed by atoms with van der Waals surface area (Å²) in [4.78, 5) is 0. The fourth-order valence-corrected chi connectivity index (χ4v) is 4.11. The Hall–Kier alpha value is -2.64. The third-order valence-electron chi connectivity index (χ3n) is 5.03. The molecule has 7 nitrogen and oxygen atoms in total. The van der Waals surface area contributed by atoms with E-state index >= 15 is 0 Å². The molecule has 0 saturated heterocycles. The van der Waals surface area contributed by atoms with Gasteiger partial charge < -0.3 is 5.32 Å². The predicted octanol–water partition coefficient (Wildman–Crippen LogP) is 5.01. The van der Waals surface area contributed by atoms with Gasteiger partial charge in [0, 0.05) is 33.9 Å². The molecular weight excluding hydrogens is 409 g/mol. The van der Waals surface area contributed by atoms with Gasteiger partial charge in [0.2, 0.25) is 0 Å². The second-order valence-electron chi connectivity index (χ2n) is 6.98. The summed E-state index contributed by atoms with van der Waals surface area (Å²) < 4.78 is 3.60. The third kappa shape index (κ3) is 3.68. The van der Waals surface area contributed by atoms with Crippen molar-refractivity contribution in [3.05, 3.63) is 57.3 Å². The number of halogens is 2. The van der Waals surface area contributed by atoms with Crippen LogP contribution in [0.15, 0.2) is 30.3 Å². The normalized spacial score (nSPS) is 12.5. The van der Waals surface area contributed by atoms with E-state index in [2.05, 4.69) is 34.5 Å². The Morgan fingerprint density at radius 3 is 2.38 bits per heavy atom. The van der Waals surface area contributed by atoms with Crippen molar-refractivity contribution in [1.82, 2.24) is 29.6 Å². The molecule has 150 valence electrons. The number of aromatic nitrogens is 6. The molecule has 0 aliphatic rings. The first kappa shape index (κ1) is 19.7. The zero-order valence-electron chi connectivity index (χ0n) is 16.6. The molecule has 0 fully saturated rings. The van der Waals surface area contributed by atoms with Gasteiger partial charge in [0.1, 0.15) is 5.82 Å². The molecule has 3 heterocycles. The topological polar surface area (TPSA) is 72.9 Å². The van der Waals surface area contributed by atoms with E-state index in [0.717, 1.165) is 29.2 Å². The molecule has 0 bridgehead atoms. The SMILES string of the molecule is CCC(Nc1ccc2nnc(-c3cc(Cl)cc(Cl)c3)n2n1)c1c(C)nn(C)c1C. The van der Waals surface area contributed by atoms with Crippen LogP contribution in [0.25, 0.3) is 17.0 Å². The number of aryl methyl sites for hydroxylation is 2. The van der Waals surface area contributed by atoms with Gasteiger partial charge in [-0.3, -0.25) is 4.68 Å². The molecular formula is C20H21Cl2N7. The van der Waals surface area contributed by atoms with Gasteiger partial charge in [-0.1, -0.05) is 30.1 Å². The van der Waals surface area contributed by atoms with E-state index in [1.54, 1.807) is 22.7 Å². The fraction of sp³-hybridized carbons (Fsp3) is 0.300. The van der Waals surface area contributed by atoms with Gasteiger partial charge in [0.15, 0.2) is 11.5 Å². The number of nitrogens with zero attached hydrogens (tertiary/aromatic N) is 6. The quantitative estimate of drug-likeness (QED) is 0.482. The molecule has 1 N–H and O–H groups in total. The summed E-state index contributed by atoms with van der Waals surface area (Å²) in [5.41, 5.74) is 4.75. The van der Waals surface area contributed by atoms with E-state index in [0.29, 0.717) is 21.5 Å². The first-order valence-corrected chi connectivity index (χ1v) is 10.1. The van der Waals surface area contributed by atoms with Gasteiger partial charge in [0.25, 0.3) is 0 Å². The predicted molar refractivity (Wildman–Crippen MR) is 116 cm³/mol. The summed E-state index contributed by atoms with van der Waals surface area (Å²) in [6, 6.07) is 9.15. The fourth-order valence-electron chi connectivity index (χ4n) is 3.58. The number of anilines is 1. The van der Waals surface area contributed by atoms with E-state index in [4.69, 9.17) is 28.3 Å². The first-order valence-electron chi connectivity index (χ1n) is 9.33. The Balaban J connectivity index is 1.73. The number of hydrogen-bond donors (Lipinski definition) is 1. The van der Waals surface area contributed by atoms with E-state index in [1.165, 1.54) is 5.56 Å². The van der Waals surface area contributed by atoms with E-state index in [1.807, 2.05) is 30.8 Å². The van der Waals surface area contributed by atoms with Crippen molar-refractivity contribution < 1.29 is 0 Å². The summed E-state index contributed by atoms with van der Waals surface area (Å²) in [5.74, 6) is 1.30. The highest BCUT2D eigenvalue weighted by Crippen LogP contribution is 2.29. The number of rotatable bonds is 5. The van der Waals surface area contributed by atoms with Gasteiger partial charge in [-0.2, -0.15) is 9.61 Å². The molecule has 1 atom stereocenters. The van der Waals surface area contributed by atoms with Crippen molar-refractivity contribution in [2.75, 3.05) is 5.32 Å². The summed E-state index contributed by atoms with van der Waals surface area (Å²) in [7, 11) is 1.96. The number of benzene rings is 1. The molecule has 9 heteroatoms. The number of fused-ring (bicyclic) bond motifs is 1. The lowest BCUT2D eigenvalue weighted by atomic mass is 10.0. The van der Waals surface area contributed by atoms with Crippen LogP contribution >= 0.6 is 23.2 Å². The molecule has 0 spiro atoms. The minimum atomic E-state index is 0.0918. The van der Waals surface area contributed by atoms with Crippen molar-refractivity contribution in [2.45, 2.75) is 33.2 Å². The molecule has 0 radical (unpaired) electrons. The van der Waals surface area contributed by atoms with E-state index in [-0.39, 0.29) is 6.04 Å². The molecule has 4 rings (SSSR count). The van der Waals surface area contributed by atoms with Crippen LogP contribution in [0.5, 0.6) is 0 Å². The van der Waals surface area contributed by atoms with Crippen LogP contribution in [0.2, 0.25) is 10.0 Å². The highest BCUT2D eigenvalue weighted by Gasteiger charge is 2.20. The van der Waals surface area contributed by atoms with Crippen LogP contribution in [0.1, 0.15) is 36.3 Å². The van der Waals surface area contributed by atoms with Gasteiger partial charge >= 0.3 is 0 Å². The van der Waals surface area contributed by atoms with Gasteiger partial charge in [-0.25, -0.2) is 0 Å². The van der Waals surface area contributed by atoms with Gasteiger partial charge in [-0.05, 0) is 50.6 Å². The average molecular weight is 430 g/mol. The van der Waals surface area contributed by atoms with Crippen molar-refractivity contribution in [3.63, 3.8) is 0 Å². The van der Waals surface area contributed by atoms with Crippen LogP contribution in [-0.4, -0.2) is 29.6 Å². The van der Waals surface area contributed by atoms with Crippen LogP contribution in [-0.2, 0) is 7.05 Å². The van der Waals surface area contributed by atoms with Gasteiger partial charge in [-0.15, -0.1) is 15.3 Å². The van der Waals surface area contributed by atoms with E-state index < -0.39 is 0 Å². The maximum Gasteiger partial charge on any atom is 0.185 e. The highest BCUT2D eigenvalue weighted by atomic mass is 35.5. The largest absolute Gasteiger partial charge is 0.362 e. The van der Waals surface area contributed by atoms with Crippen molar-refractivity contribution in [1.29, 1.82) is 0 Å². The molecule has 0 aliphatic carbocycles. The minimum absolute atomic E-state index is 0.0918. The van der Waals surface area contributed by atoms with Crippen LogP contribution in [0.4, 0.5) is 5.82 Å². The second kappa shape index (κ2) is 7.65. The maximum absolute atomic E-state index is 6.15. The Kier molecular flexibility index (Phi) is 5.19. The Morgan fingerprint density at radius 1 is 1.03 bits per heavy atom. The highest BCUT2D eigenvalue weighted by molar-refractivity contribution is 6.35. The average Bonchev–Trinajstić information content (AvgIpc) is 3.19. The lowest BCUT2D eigenvalue weighted by Crippen LogP contribution is -2.14. The zero-order chi connectivity index (χ0) is 20.7. The summed E-state index contributed by atoms with van der Waals surface area (Å²) in [5, 5.41) is 22.3. The van der Waals surface area contributed by atoms with E-state index in [9.17, 15) is 0 Å². The maximum atomic E-state index is 6.15. The molecule has 1 unspecified atom stereocenters. The van der Waals surface area contributed by atoms with Gasteiger partial charge in [0.05, 0.1) is 11.7 Å². The van der Waals surface area contributed by atoms with Crippen LogP contribution in [0.3, 0.4) is 0 Å². The Bertz CT molecular complexity index is 1170. The smallest absolute Gasteiger partial charge is 0.185 e. The minimum Gasteiger partial charge on any atom is -0.362 e. The third-order valence-corrected chi connectivity index (χ3v) is 5.46. The molecule has 3 aromatic heterocycles. The molecule has 4 aromatic rings. The number of hydrogen-bond acceptors (Lipinski definition) is 5. The summed E-state index contributed by atoms with van der Waals surface area (Å²) >= 11 is 12.3. The standard InChI is InChI=1S/C20H21Cl2N7/c1-5-16(19-11(2)26-28(4)12(19)3)23-17-6-7-18-24-25-20(29(18)27-17)13-8-14(21)10-15(22)9-13/h6-10,16H,5H2,1-4H3,(H,23,27). The molecule has 29 heavy (non-hydrogen) atoms. The monoisotopic (exact) mass is 429 g/mol. The Morgan fingerprint density at radius 2 is 1.76 bits per heavy atom. The van der Waals surface area contributed by atoms with Crippen molar-refractivity contribution in [3.8, 4) is 11.4 Å². The molecule has 0 aliphatic heterocycles. The number of nitrogens with one attached hydrogen (secondary N) is 1. The lowest BCUT2D eigenvalue weighted by Gasteiger charge is -2.18. The first-order chi connectivity index (χ1) is 13.9. The zero-order valence-corrected chi connectivity index (χ0v) is 18.1.